The third-order valence-electron chi connectivity index (χ3n) is 8.68. The Balaban J connectivity index is 1.19. The predicted molar refractivity (Wildman–Crippen MR) is 142 cm³/mol. The first-order chi connectivity index (χ1) is 16.2. The van der Waals surface area contributed by atoms with Crippen LogP contribution in [-0.4, -0.2) is 0 Å². The summed E-state index contributed by atoms with van der Waals surface area (Å²) < 4.78 is 13.1. The largest absolute Gasteiger partial charge is 0.207 e. The lowest BCUT2D eigenvalue weighted by atomic mass is 9.76. The SMILES string of the molecule is CCCCCCCCCC[C@H]1CC[C@H](CCC2CC=C(CCc3ccc(F)cc3)CC2)CC1. The number of aryl methyl sites for hydroxylation is 1. The molecule has 0 spiro atoms. The van der Waals surface area contributed by atoms with Crippen molar-refractivity contribution >= 4 is 0 Å². The molecule has 1 heteroatoms. The van der Waals surface area contributed by atoms with Gasteiger partial charge in [-0.15, -0.1) is 0 Å². The summed E-state index contributed by atoms with van der Waals surface area (Å²) in [7, 11) is 0. The van der Waals surface area contributed by atoms with Gasteiger partial charge in [0.25, 0.3) is 0 Å². The predicted octanol–water partition coefficient (Wildman–Crippen LogP) is 10.6. The van der Waals surface area contributed by atoms with E-state index in [0.29, 0.717) is 0 Å². The molecule has 0 heterocycles. The van der Waals surface area contributed by atoms with Crippen LogP contribution >= 0.6 is 0 Å². The molecule has 1 saturated carbocycles. The van der Waals surface area contributed by atoms with E-state index in [1.165, 1.54) is 121 Å². The first kappa shape index (κ1) is 26.5. The van der Waals surface area contributed by atoms with Crippen LogP contribution in [0.15, 0.2) is 35.9 Å². The Hall–Kier alpha value is -1.11. The van der Waals surface area contributed by atoms with Crippen LogP contribution < -0.4 is 0 Å². The average molecular weight is 455 g/mol. The number of allylic oxidation sites excluding steroid dienone is 2. The van der Waals surface area contributed by atoms with Gasteiger partial charge in [-0.1, -0.05) is 121 Å². The van der Waals surface area contributed by atoms with E-state index in [-0.39, 0.29) is 5.82 Å². The standard InChI is InChI=1S/C32H51F/c1-2-3-4-5-6-7-8-9-10-27-11-13-28(14-12-27)15-16-29-17-19-30(20-18-29)21-22-31-23-25-32(33)26-24-31/h19,23-29H,2-18,20-22H2,1H3/t27-,28-,29?. The third-order valence-corrected chi connectivity index (χ3v) is 8.68. The van der Waals surface area contributed by atoms with Crippen molar-refractivity contribution in [2.24, 2.45) is 17.8 Å². The van der Waals surface area contributed by atoms with Crippen LogP contribution in [0, 0.1) is 23.6 Å². The van der Waals surface area contributed by atoms with Gasteiger partial charge in [-0.3, -0.25) is 0 Å². The van der Waals surface area contributed by atoms with Crippen molar-refractivity contribution in [2.75, 3.05) is 0 Å². The molecule has 1 aromatic carbocycles. The highest BCUT2D eigenvalue weighted by molar-refractivity contribution is 5.18. The zero-order chi connectivity index (χ0) is 23.1. The van der Waals surface area contributed by atoms with Crippen LogP contribution in [0.2, 0.25) is 0 Å². The molecule has 1 fully saturated rings. The monoisotopic (exact) mass is 454 g/mol. The van der Waals surface area contributed by atoms with Crippen LogP contribution in [0.3, 0.4) is 0 Å². The summed E-state index contributed by atoms with van der Waals surface area (Å²) in [6, 6.07) is 7.05. The van der Waals surface area contributed by atoms with E-state index in [2.05, 4.69) is 13.0 Å². The molecule has 2 aliphatic carbocycles. The minimum absolute atomic E-state index is 0.129. The number of unbranched alkanes of at least 4 members (excludes halogenated alkanes) is 7. The molecule has 3 rings (SSSR count). The minimum atomic E-state index is -0.129. The zero-order valence-corrected chi connectivity index (χ0v) is 21.6. The smallest absolute Gasteiger partial charge is 0.123 e. The van der Waals surface area contributed by atoms with Gasteiger partial charge < -0.3 is 0 Å². The Kier molecular flexibility index (Phi) is 12.6. The van der Waals surface area contributed by atoms with Gasteiger partial charge in [-0.05, 0) is 74.0 Å². The molecule has 0 saturated heterocycles. The maximum Gasteiger partial charge on any atom is 0.123 e. The lowest BCUT2D eigenvalue weighted by Crippen LogP contribution is -2.16. The molecule has 186 valence electrons. The second-order valence-corrected chi connectivity index (χ2v) is 11.4. The Morgan fingerprint density at radius 3 is 1.91 bits per heavy atom. The summed E-state index contributed by atoms with van der Waals surface area (Å²) in [6.07, 6.45) is 30.8. The van der Waals surface area contributed by atoms with Crippen molar-refractivity contribution < 1.29 is 4.39 Å². The summed E-state index contributed by atoms with van der Waals surface area (Å²) in [5.74, 6) is 2.86. The fourth-order valence-corrected chi connectivity index (χ4v) is 6.24. The second-order valence-electron chi connectivity index (χ2n) is 11.4. The molecule has 0 aromatic heterocycles. The van der Waals surface area contributed by atoms with Gasteiger partial charge in [-0.2, -0.15) is 0 Å². The van der Waals surface area contributed by atoms with Crippen molar-refractivity contribution in [1.82, 2.24) is 0 Å². The molecule has 1 atom stereocenters. The number of halogens is 1. The molecular formula is C32H51F. The minimum Gasteiger partial charge on any atom is -0.207 e. The molecule has 0 aliphatic heterocycles. The molecule has 2 aliphatic rings. The molecule has 0 N–H and O–H groups in total. The molecule has 33 heavy (non-hydrogen) atoms. The lowest BCUT2D eigenvalue weighted by Gasteiger charge is -2.30. The Morgan fingerprint density at radius 2 is 1.27 bits per heavy atom. The number of benzene rings is 1. The van der Waals surface area contributed by atoms with E-state index >= 15 is 0 Å². The van der Waals surface area contributed by atoms with Crippen molar-refractivity contribution in [3.05, 3.63) is 47.3 Å². The first-order valence-corrected chi connectivity index (χ1v) is 14.6. The van der Waals surface area contributed by atoms with Crippen molar-refractivity contribution in [2.45, 2.75) is 135 Å². The van der Waals surface area contributed by atoms with Gasteiger partial charge in [0.2, 0.25) is 0 Å². The highest BCUT2D eigenvalue weighted by Gasteiger charge is 2.22. The molecule has 0 nitrogen and oxygen atoms in total. The van der Waals surface area contributed by atoms with E-state index in [1.54, 1.807) is 17.7 Å². The van der Waals surface area contributed by atoms with Gasteiger partial charge in [0.05, 0.1) is 0 Å². The Morgan fingerprint density at radius 1 is 0.667 bits per heavy atom. The van der Waals surface area contributed by atoms with Crippen LogP contribution in [0.1, 0.15) is 134 Å². The summed E-state index contributed by atoms with van der Waals surface area (Å²) in [6.45, 7) is 2.30. The Labute approximate surface area is 204 Å². The van der Waals surface area contributed by atoms with Crippen molar-refractivity contribution in [3.8, 4) is 0 Å². The maximum atomic E-state index is 13.1. The van der Waals surface area contributed by atoms with E-state index in [1.807, 2.05) is 12.1 Å². The van der Waals surface area contributed by atoms with Gasteiger partial charge >= 0.3 is 0 Å². The maximum absolute atomic E-state index is 13.1. The number of hydrogen-bond donors (Lipinski definition) is 0. The topological polar surface area (TPSA) is 0 Å². The average Bonchev–Trinajstić information content (AvgIpc) is 2.85. The second kappa shape index (κ2) is 15.7. The zero-order valence-electron chi connectivity index (χ0n) is 21.6. The summed E-state index contributed by atoms with van der Waals surface area (Å²) in [5, 5.41) is 0. The summed E-state index contributed by atoms with van der Waals surface area (Å²) in [5.41, 5.74) is 2.90. The normalized spacial score (nSPS) is 23.5. The highest BCUT2D eigenvalue weighted by Crippen LogP contribution is 2.37. The number of rotatable bonds is 15. The van der Waals surface area contributed by atoms with Crippen molar-refractivity contribution in [3.63, 3.8) is 0 Å². The molecule has 0 amide bonds. The summed E-state index contributed by atoms with van der Waals surface area (Å²) >= 11 is 0. The van der Waals surface area contributed by atoms with Gasteiger partial charge in [0.1, 0.15) is 5.82 Å². The molecule has 0 radical (unpaired) electrons. The lowest BCUT2D eigenvalue weighted by molar-refractivity contribution is 0.234. The molecule has 0 bridgehead atoms. The van der Waals surface area contributed by atoms with Gasteiger partial charge in [0.15, 0.2) is 0 Å². The van der Waals surface area contributed by atoms with E-state index in [0.717, 1.165) is 30.6 Å². The highest BCUT2D eigenvalue weighted by atomic mass is 19.1. The molecule has 1 unspecified atom stereocenters. The molecule has 1 aromatic rings. The quantitative estimate of drug-likeness (QED) is 0.182. The fourth-order valence-electron chi connectivity index (χ4n) is 6.24. The van der Waals surface area contributed by atoms with Crippen LogP contribution in [-0.2, 0) is 6.42 Å². The Bertz CT molecular complexity index is 650. The first-order valence-electron chi connectivity index (χ1n) is 14.6. The van der Waals surface area contributed by atoms with Crippen LogP contribution in [0.25, 0.3) is 0 Å². The van der Waals surface area contributed by atoms with E-state index in [4.69, 9.17) is 0 Å². The third kappa shape index (κ3) is 10.8. The van der Waals surface area contributed by atoms with E-state index in [9.17, 15) is 4.39 Å². The van der Waals surface area contributed by atoms with Crippen molar-refractivity contribution in [1.29, 1.82) is 0 Å². The number of hydrogen-bond acceptors (Lipinski definition) is 0. The fraction of sp³-hybridized carbons (Fsp3) is 0.750. The summed E-state index contributed by atoms with van der Waals surface area (Å²) in [4.78, 5) is 0. The van der Waals surface area contributed by atoms with Gasteiger partial charge in [-0.25, -0.2) is 4.39 Å². The molecular weight excluding hydrogens is 403 g/mol. The van der Waals surface area contributed by atoms with E-state index < -0.39 is 0 Å². The van der Waals surface area contributed by atoms with Crippen LogP contribution in [0.5, 0.6) is 0 Å². The van der Waals surface area contributed by atoms with Crippen LogP contribution in [0.4, 0.5) is 4.39 Å². The van der Waals surface area contributed by atoms with Gasteiger partial charge in [0, 0.05) is 0 Å².